The third kappa shape index (κ3) is 3.21. The summed E-state index contributed by atoms with van der Waals surface area (Å²) in [5, 5.41) is 6.91. The second-order valence-electron chi connectivity index (χ2n) is 4.12. The van der Waals surface area contributed by atoms with Gasteiger partial charge in [-0.25, -0.2) is 0 Å². The highest BCUT2D eigenvalue weighted by Crippen LogP contribution is 2.38. The summed E-state index contributed by atoms with van der Waals surface area (Å²) in [5.41, 5.74) is 1.03. The van der Waals surface area contributed by atoms with E-state index in [-0.39, 0.29) is 0 Å². The molecule has 2 rings (SSSR count). The summed E-state index contributed by atoms with van der Waals surface area (Å²) in [6.45, 7) is 1.26. The third-order valence-corrected chi connectivity index (χ3v) is 2.84. The van der Waals surface area contributed by atoms with E-state index in [0.717, 1.165) is 11.3 Å². The quantitative estimate of drug-likeness (QED) is 0.835. The summed E-state index contributed by atoms with van der Waals surface area (Å²) in [6.07, 6.45) is 1.62. The van der Waals surface area contributed by atoms with Crippen molar-refractivity contribution < 1.29 is 18.7 Å². The molecule has 0 spiro atoms. The van der Waals surface area contributed by atoms with E-state index in [4.69, 9.17) is 18.7 Å². The van der Waals surface area contributed by atoms with E-state index in [1.807, 2.05) is 18.2 Å². The van der Waals surface area contributed by atoms with Crippen molar-refractivity contribution in [2.75, 3.05) is 21.3 Å². The van der Waals surface area contributed by atoms with Crippen LogP contribution in [0.2, 0.25) is 0 Å². The van der Waals surface area contributed by atoms with Crippen LogP contribution in [0.15, 0.2) is 28.9 Å². The Hall–Kier alpha value is -2.21. The van der Waals surface area contributed by atoms with Crippen LogP contribution < -0.4 is 19.5 Å². The van der Waals surface area contributed by atoms with E-state index in [9.17, 15) is 0 Å². The highest BCUT2D eigenvalue weighted by atomic mass is 16.5. The number of hydrogen-bond acceptors (Lipinski definition) is 6. The fraction of sp³-hybridized carbons (Fsp3) is 0.357. The van der Waals surface area contributed by atoms with Crippen LogP contribution in [0.3, 0.4) is 0 Å². The molecule has 6 heteroatoms. The van der Waals surface area contributed by atoms with Gasteiger partial charge in [-0.3, -0.25) is 0 Å². The molecule has 108 valence electrons. The summed E-state index contributed by atoms with van der Waals surface area (Å²) < 4.78 is 20.9. The Kier molecular flexibility index (Phi) is 4.84. The van der Waals surface area contributed by atoms with Gasteiger partial charge in [0.1, 0.15) is 5.76 Å². The molecule has 6 nitrogen and oxygen atoms in total. The smallest absolute Gasteiger partial charge is 0.203 e. The first-order valence-electron chi connectivity index (χ1n) is 6.17. The molecule has 20 heavy (non-hydrogen) atoms. The van der Waals surface area contributed by atoms with Crippen molar-refractivity contribution in [3.63, 3.8) is 0 Å². The summed E-state index contributed by atoms with van der Waals surface area (Å²) >= 11 is 0. The molecule has 0 fully saturated rings. The summed E-state index contributed by atoms with van der Waals surface area (Å²) in [7, 11) is 4.79. The van der Waals surface area contributed by atoms with Crippen molar-refractivity contribution >= 4 is 0 Å². The maximum Gasteiger partial charge on any atom is 0.203 e. The van der Waals surface area contributed by atoms with Gasteiger partial charge in [0.05, 0.1) is 34.1 Å². The normalized spacial score (nSPS) is 10.3. The molecule has 1 N–H and O–H groups in total. The van der Waals surface area contributed by atoms with Gasteiger partial charge in [-0.2, -0.15) is 0 Å². The fourth-order valence-corrected chi connectivity index (χ4v) is 1.90. The molecule has 1 aromatic carbocycles. The Bertz CT molecular complexity index is 515. The summed E-state index contributed by atoms with van der Waals surface area (Å²) in [6, 6.07) is 5.64. The Balaban J connectivity index is 2.07. The zero-order valence-corrected chi connectivity index (χ0v) is 11.8. The zero-order valence-electron chi connectivity index (χ0n) is 11.8. The molecule has 1 heterocycles. The molecular weight excluding hydrogens is 260 g/mol. The van der Waals surface area contributed by atoms with Crippen LogP contribution in [0.1, 0.15) is 11.3 Å². The number of ether oxygens (including phenoxy) is 3. The highest BCUT2D eigenvalue weighted by Gasteiger charge is 2.12. The first-order chi connectivity index (χ1) is 9.78. The number of hydrogen-bond donors (Lipinski definition) is 1. The van der Waals surface area contributed by atoms with Gasteiger partial charge in [-0.05, 0) is 17.7 Å². The first-order valence-corrected chi connectivity index (χ1v) is 6.17. The Morgan fingerprint density at radius 3 is 2.25 bits per heavy atom. The lowest BCUT2D eigenvalue weighted by Crippen LogP contribution is -2.12. The van der Waals surface area contributed by atoms with Crippen molar-refractivity contribution in [1.29, 1.82) is 0 Å². The lowest BCUT2D eigenvalue weighted by molar-refractivity contribution is 0.323. The van der Waals surface area contributed by atoms with Gasteiger partial charge in [0.25, 0.3) is 0 Å². The number of aromatic nitrogens is 1. The predicted octanol–water partition coefficient (Wildman–Crippen LogP) is 1.99. The average Bonchev–Trinajstić information content (AvgIpc) is 2.99. The molecular formula is C14H18N2O4. The lowest BCUT2D eigenvalue weighted by atomic mass is 10.1. The molecule has 0 saturated carbocycles. The van der Waals surface area contributed by atoms with Crippen LogP contribution in [0, 0.1) is 0 Å². The molecule has 0 radical (unpaired) electrons. The van der Waals surface area contributed by atoms with Crippen molar-refractivity contribution in [1.82, 2.24) is 10.5 Å². The Morgan fingerprint density at radius 2 is 1.75 bits per heavy atom. The van der Waals surface area contributed by atoms with Crippen LogP contribution in [-0.2, 0) is 13.1 Å². The van der Waals surface area contributed by atoms with Gasteiger partial charge in [-0.15, -0.1) is 0 Å². The maximum absolute atomic E-state index is 5.31. The van der Waals surface area contributed by atoms with Gasteiger partial charge in [-0.1, -0.05) is 5.16 Å². The number of benzene rings is 1. The van der Waals surface area contributed by atoms with Crippen LogP contribution >= 0.6 is 0 Å². The monoisotopic (exact) mass is 278 g/mol. The van der Waals surface area contributed by atoms with Gasteiger partial charge < -0.3 is 24.1 Å². The van der Waals surface area contributed by atoms with Crippen LogP contribution in [-0.4, -0.2) is 26.5 Å². The number of methoxy groups -OCH3 is 3. The van der Waals surface area contributed by atoms with Crippen molar-refractivity contribution in [3.8, 4) is 17.2 Å². The van der Waals surface area contributed by atoms with Crippen LogP contribution in [0.5, 0.6) is 17.2 Å². The fourth-order valence-electron chi connectivity index (χ4n) is 1.90. The van der Waals surface area contributed by atoms with E-state index in [0.29, 0.717) is 30.3 Å². The molecule has 0 aliphatic heterocycles. The van der Waals surface area contributed by atoms with Gasteiger partial charge >= 0.3 is 0 Å². The highest BCUT2D eigenvalue weighted by molar-refractivity contribution is 5.53. The minimum atomic E-state index is 0.592. The van der Waals surface area contributed by atoms with Crippen LogP contribution in [0.4, 0.5) is 0 Å². The van der Waals surface area contributed by atoms with E-state index >= 15 is 0 Å². The van der Waals surface area contributed by atoms with Gasteiger partial charge in [0.2, 0.25) is 5.75 Å². The molecule has 0 aliphatic carbocycles. The molecule has 1 aromatic heterocycles. The molecule has 0 atom stereocenters. The number of nitrogens with one attached hydrogen (secondary N) is 1. The van der Waals surface area contributed by atoms with Gasteiger partial charge in [0, 0.05) is 12.6 Å². The SMILES string of the molecule is COc1cc(CNCc2ccno2)cc(OC)c1OC. The van der Waals surface area contributed by atoms with E-state index in [1.54, 1.807) is 27.5 Å². The summed E-state index contributed by atoms with van der Waals surface area (Å²) in [4.78, 5) is 0. The minimum Gasteiger partial charge on any atom is -0.493 e. The minimum absolute atomic E-state index is 0.592. The van der Waals surface area contributed by atoms with Gasteiger partial charge in [0.15, 0.2) is 11.5 Å². The second-order valence-corrected chi connectivity index (χ2v) is 4.12. The molecule has 2 aromatic rings. The maximum atomic E-state index is 5.31. The van der Waals surface area contributed by atoms with E-state index in [2.05, 4.69) is 10.5 Å². The second kappa shape index (κ2) is 6.81. The number of rotatable bonds is 7. The summed E-state index contributed by atoms with van der Waals surface area (Å²) in [5.74, 6) is 2.66. The first kappa shape index (κ1) is 14.2. The van der Waals surface area contributed by atoms with E-state index in [1.165, 1.54) is 0 Å². The van der Waals surface area contributed by atoms with E-state index < -0.39 is 0 Å². The molecule has 0 bridgehead atoms. The van der Waals surface area contributed by atoms with Crippen molar-refractivity contribution in [2.45, 2.75) is 13.1 Å². The third-order valence-electron chi connectivity index (χ3n) is 2.84. The Labute approximate surface area is 117 Å². The zero-order chi connectivity index (χ0) is 14.4. The van der Waals surface area contributed by atoms with Crippen LogP contribution in [0.25, 0.3) is 0 Å². The molecule has 0 saturated heterocycles. The predicted molar refractivity (Wildman–Crippen MR) is 73.1 cm³/mol. The largest absolute Gasteiger partial charge is 0.493 e. The van der Waals surface area contributed by atoms with Crippen molar-refractivity contribution in [3.05, 3.63) is 35.7 Å². The molecule has 0 amide bonds. The van der Waals surface area contributed by atoms with Crippen molar-refractivity contribution in [2.24, 2.45) is 0 Å². The lowest BCUT2D eigenvalue weighted by Gasteiger charge is -2.14. The standard InChI is InChI=1S/C14H18N2O4/c1-17-12-6-10(7-13(18-2)14(12)19-3)8-15-9-11-4-5-16-20-11/h4-7,15H,8-9H2,1-3H3. The molecule has 0 unspecified atom stereocenters. The topological polar surface area (TPSA) is 65.8 Å². The number of nitrogens with zero attached hydrogens (tertiary/aromatic N) is 1. The Morgan fingerprint density at radius 1 is 1.05 bits per heavy atom. The molecule has 0 aliphatic rings. The average molecular weight is 278 g/mol.